The zero-order valence-electron chi connectivity index (χ0n) is 15.4. The lowest BCUT2D eigenvalue weighted by Gasteiger charge is -2.10. The third-order valence-electron chi connectivity index (χ3n) is 4.64. The summed E-state index contributed by atoms with van der Waals surface area (Å²) in [6.07, 6.45) is 21.5. The Morgan fingerprint density at radius 2 is 0.952 bits per heavy atom. The van der Waals surface area contributed by atoms with Gasteiger partial charge in [-0.15, -0.1) is 0 Å². The summed E-state index contributed by atoms with van der Waals surface area (Å²) in [5.74, 6) is 0. The molecule has 0 heterocycles. The molecule has 1 heteroatoms. The average molecular weight is 298 g/mol. The summed E-state index contributed by atoms with van der Waals surface area (Å²) in [6, 6.07) is 0.701. The molecule has 21 heavy (non-hydrogen) atoms. The van der Waals surface area contributed by atoms with Crippen LogP contribution in [0.25, 0.3) is 0 Å². The summed E-state index contributed by atoms with van der Waals surface area (Å²) in [4.78, 5) is 0. The van der Waals surface area contributed by atoms with Gasteiger partial charge in [-0.1, -0.05) is 97.3 Å². The Bertz CT molecular complexity index is 179. The molecule has 0 saturated heterocycles. The van der Waals surface area contributed by atoms with Crippen LogP contribution in [-0.2, 0) is 0 Å². The molecule has 0 saturated carbocycles. The molecule has 0 unspecified atom stereocenters. The van der Waals surface area contributed by atoms with E-state index in [0.717, 1.165) is 0 Å². The third kappa shape index (κ3) is 17.9. The van der Waals surface area contributed by atoms with E-state index in [1.54, 1.807) is 0 Å². The molecule has 0 aliphatic rings. The van der Waals surface area contributed by atoms with Gasteiger partial charge in [0.05, 0.1) is 0 Å². The highest BCUT2D eigenvalue weighted by Gasteiger charge is 1.96. The van der Waals surface area contributed by atoms with Crippen molar-refractivity contribution in [1.29, 1.82) is 0 Å². The Morgan fingerprint density at radius 3 is 1.33 bits per heavy atom. The van der Waals surface area contributed by atoms with Crippen molar-refractivity contribution < 1.29 is 0 Å². The fourth-order valence-corrected chi connectivity index (χ4v) is 2.81. The SMILES string of the molecule is CCCCCCCCCCCCCCCCN[C@@H](C)CC. The van der Waals surface area contributed by atoms with Crippen LogP contribution >= 0.6 is 0 Å². The molecule has 0 bridgehead atoms. The highest BCUT2D eigenvalue weighted by molar-refractivity contribution is 4.57. The van der Waals surface area contributed by atoms with Gasteiger partial charge in [-0.25, -0.2) is 0 Å². The summed E-state index contributed by atoms with van der Waals surface area (Å²) >= 11 is 0. The van der Waals surface area contributed by atoms with E-state index in [2.05, 4.69) is 26.1 Å². The van der Waals surface area contributed by atoms with Gasteiger partial charge in [0, 0.05) is 6.04 Å². The first-order valence-corrected chi connectivity index (χ1v) is 10.0. The van der Waals surface area contributed by atoms with Crippen LogP contribution in [0.4, 0.5) is 0 Å². The fourth-order valence-electron chi connectivity index (χ4n) is 2.81. The van der Waals surface area contributed by atoms with Crippen molar-refractivity contribution in [3.8, 4) is 0 Å². The number of hydrogen-bond acceptors (Lipinski definition) is 1. The predicted molar refractivity (Wildman–Crippen MR) is 98.1 cm³/mol. The lowest BCUT2D eigenvalue weighted by molar-refractivity contribution is 0.498. The maximum atomic E-state index is 3.58. The lowest BCUT2D eigenvalue weighted by Crippen LogP contribution is -2.25. The molecule has 0 aliphatic heterocycles. The molecule has 0 rings (SSSR count). The third-order valence-corrected chi connectivity index (χ3v) is 4.64. The lowest BCUT2D eigenvalue weighted by atomic mass is 10.0. The van der Waals surface area contributed by atoms with Crippen LogP contribution in [0.15, 0.2) is 0 Å². The van der Waals surface area contributed by atoms with E-state index in [0.29, 0.717) is 6.04 Å². The van der Waals surface area contributed by atoms with Crippen molar-refractivity contribution in [2.75, 3.05) is 6.54 Å². The van der Waals surface area contributed by atoms with Crippen LogP contribution in [0.5, 0.6) is 0 Å². The molecule has 0 aromatic carbocycles. The van der Waals surface area contributed by atoms with E-state index in [4.69, 9.17) is 0 Å². The Kier molecular flexibility index (Phi) is 18.0. The van der Waals surface area contributed by atoms with Gasteiger partial charge >= 0.3 is 0 Å². The molecule has 0 amide bonds. The van der Waals surface area contributed by atoms with E-state index in [1.165, 1.54) is 103 Å². The van der Waals surface area contributed by atoms with Gasteiger partial charge < -0.3 is 5.32 Å². The first-order valence-electron chi connectivity index (χ1n) is 10.0. The maximum Gasteiger partial charge on any atom is 0.00360 e. The molecule has 0 radical (unpaired) electrons. The summed E-state index contributed by atoms with van der Waals surface area (Å²) in [5.41, 5.74) is 0. The Hall–Kier alpha value is -0.0400. The topological polar surface area (TPSA) is 12.0 Å². The van der Waals surface area contributed by atoms with Crippen LogP contribution in [0.2, 0.25) is 0 Å². The molecule has 1 atom stereocenters. The van der Waals surface area contributed by atoms with E-state index in [-0.39, 0.29) is 0 Å². The summed E-state index contributed by atoms with van der Waals surface area (Å²) in [7, 11) is 0. The smallest absolute Gasteiger partial charge is 0.00360 e. The van der Waals surface area contributed by atoms with Crippen molar-refractivity contribution in [1.82, 2.24) is 5.32 Å². The largest absolute Gasteiger partial charge is 0.314 e. The minimum absolute atomic E-state index is 0.701. The molecule has 128 valence electrons. The normalized spacial score (nSPS) is 12.7. The fraction of sp³-hybridized carbons (Fsp3) is 1.00. The highest BCUT2D eigenvalue weighted by Crippen LogP contribution is 2.12. The van der Waals surface area contributed by atoms with E-state index in [9.17, 15) is 0 Å². The molecule has 0 fully saturated rings. The van der Waals surface area contributed by atoms with Gasteiger partial charge in [0.15, 0.2) is 0 Å². The van der Waals surface area contributed by atoms with Crippen LogP contribution in [0.1, 0.15) is 117 Å². The van der Waals surface area contributed by atoms with Crippen LogP contribution in [-0.4, -0.2) is 12.6 Å². The molecule has 1 nitrogen and oxygen atoms in total. The predicted octanol–water partition coefficient (Wildman–Crippen LogP) is 6.86. The standard InChI is InChI=1S/C20H43N/c1-4-6-7-8-9-10-11-12-13-14-15-16-17-18-19-21-20(3)5-2/h20-21H,4-19H2,1-3H3/t20-/m0/s1. The van der Waals surface area contributed by atoms with Crippen LogP contribution in [0, 0.1) is 0 Å². The number of unbranched alkanes of at least 4 members (excludes halogenated alkanes) is 13. The van der Waals surface area contributed by atoms with Gasteiger partial charge in [0.25, 0.3) is 0 Å². The molecule has 0 aliphatic carbocycles. The average Bonchev–Trinajstić information content (AvgIpc) is 2.50. The van der Waals surface area contributed by atoms with Gasteiger partial charge in [-0.05, 0) is 26.3 Å². The zero-order valence-corrected chi connectivity index (χ0v) is 15.4. The van der Waals surface area contributed by atoms with Crippen molar-refractivity contribution in [3.05, 3.63) is 0 Å². The van der Waals surface area contributed by atoms with Gasteiger partial charge in [-0.3, -0.25) is 0 Å². The number of nitrogens with one attached hydrogen (secondary N) is 1. The van der Waals surface area contributed by atoms with E-state index >= 15 is 0 Å². The Balaban J connectivity index is 2.96. The molecule has 1 N–H and O–H groups in total. The number of hydrogen-bond donors (Lipinski definition) is 1. The van der Waals surface area contributed by atoms with Gasteiger partial charge in [0.1, 0.15) is 0 Å². The zero-order chi connectivity index (χ0) is 15.6. The molecular formula is C20H43N. The van der Waals surface area contributed by atoms with Gasteiger partial charge in [0.2, 0.25) is 0 Å². The Morgan fingerprint density at radius 1 is 0.571 bits per heavy atom. The highest BCUT2D eigenvalue weighted by atomic mass is 14.9. The molecular weight excluding hydrogens is 254 g/mol. The van der Waals surface area contributed by atoms with Crippen molar-refractivity contribution in [2.24, 2.45) is 0 Å². The van der Waals surface area contributed by atoms with E-state index < -0.39 is 0 Å². The van der Waals surface area contributed by atoms with Crippen LogP contribution in [0.3, 0.4) is 0 Å². The monoisotopic (exact) mass is 297 g/mol. The van der Waals surface area contributed by atoms with Crippen molar-refractivity contribution >= 4 is 0 Å². The van der Waals surface area contributed by atoms with Gasteiger partial charge in [-0.2, -0.15) is 0 Å². The van der Waals surface area contributed by atoms with Crippen molar-refractivity contribution in [3.63, 3.8) is 0 Å². The molecule has 0 spiro atoms. The second-order valence-corrected chi connectivity index (χ2v) is 6.86. The summed E-state index contributed by atoms with van der Waals surface area (Å²) < 4.78 is 0. The second kappa shape index (κ2) is 18.0. The van der Waals surface area contributed by atoms with Crippen molar-refractivity contribution in [2.45, 2.75) is 123 Å². The van der Waals surface area contributed by atoms with Crippen LogP contribution < -0.4 is 5.32 Å². The Labute approximate surface area is 135 Å². The number of rotatable bonds is 17. The maximum absolute atomic E-state index is 3.58. The minimum atomic E-state index is 0.701. The summed E-state index contributed by atoms with van der Waals surface area (Å²) in [5, 5.41) is 3.58. The first-order chi connectivity index (χ1) is 10.3. The molecule has 0 aromatic heterocycles. The second-order valence-electron chi connectivity index (χ2n) is 6.86. The molecule has 0 aromatic rings. The summed E-state index contributed by atoms with van der Waals surface area (Å²) in [6.45, 7) is 8.04. The van der Waals surface area contributed by atoms with E-state index in [1.807, 2.05) is 0 Å². The minimum Gasteiger partial charge on any atom is -0.314 e. The first kappa shape index (κ1) is 21.0. The quantitative estimate of drug-likeness (QED) is 0.289.